The third kappa shape index (κ3) is 3.31. The maximum Gasteiger partial charge on any atom is 0.359 e. The zero-order valence-corrected chi connectivity index (χ0v) is 13.1. The standard InChI is InChI=1S/C17H11N3O6/c21-10-25-17(22)16(11-3-1-7-18-9-11)26-14-6-5-13(20(23)24)12-4-2-8-19-15(12)14/h1-10,16H. The summed E-state index contributed by atoms with van der Waals surface area (Å²) in [6.07, 6.45) is 3.05. The molecular formula is C17H11N3O6. The van der Waals surface area contributed by atoms with Gasteiger partial charge in [0, 0.05) is 30.2 Å². The molecule has 1 unspecified atom stereocenters. The van der Waals surface area contributed by atoms with E-state index in [1.807, 2.05) is 0 Å². The number of hydrogen-bond donors (Lipinski definition) is 0. The second kappa shape index (κ2) is 7.34. The summed E-state index contributed by atoms with van der Waals surface area (Å²) in [6, 6.07) is 8.83. The monoisotopic (exact) mass is 353 g/mol. The number of carbonyl (C=O) groups is 2. The van der Waals surface area contributed by atoms with Crippen LogP contribution < -0.4 is 4.74 Å². The number of aromatic nitrogens is 2. The third-order valence-electron chi connectivity index (χ3n) is 3.52. The molecule has 0 amide bonds. The zero-order chi connectivity index (χ0) is 18.5. The minimum atomic E-state index is -1.29. The third-order valence-corrected chi connectivity index (χ3v) is 3.52. The average molecular weight is 353 g/mol. The normalized spacial score (nSPS) is 11.5. The molecule has 0 spiro atoms. The van der Waals surface area contributed by atoms with Crippen molar-refractivity contribution in [2.75, 3.05) is 0 Å². The molecule has 1 atom stereocenters. The number of ether oxygens (including phenoxy) is 2. The fourth-order valence-corrected chi connectivity index (χ4v) is 2.41. The van der Waals surface area contributed by atoms with Gasteiger partial charge in [0.15, 0.2) is 0 Å². The summed E-state index contributed by atoms with van der Waals surface area (Å²) in [7, 11) is 0. The Morgan fingerprint density at radius 1 is 1.19 bits per heavy atom. The van der Waals surface area contributed by atoms with E-state index in [1.54, 1.807) is 18.2 Å². The predicted octanol–water partition coefficient (Wildman–Crippen LogP) is 2.36. The van der Waals surface area contributed by atoms with E-state index in [-0.39, 0.29) is 28.8 Å². The van der Waals surface area contributed by atoms with Gasteiger partial charge in [0.2, 0.25) is 6.10 Å². The Morgan fingerprint density at radius 3 is 2.69 bits per heavy atom. The predicted molar refractivity (Wildman–Crippen MR) is 88.2 cm³/mol. The molecule has 0 N–H and O–H groups in total. The van der Waals surface area contributed by atoms with Crippen molar-refractivity contribution in [1.82, 2.24) is 9.97 Å². The molecule has 0 aliphatic carbocycles. The largest absolute Gasteiger partial charge is 0.472 e. The van der Waals surface area contributed by atoms with E-state index in [0.29, 0.717) is 5.56 Å². The summed E-state index contributed by atoms with van der Waals surface area (Å²) in [5.41, 5.74) is 0.408. The van der Waals surface area contributed by atoms with Gasteiger partial charge in [0.1, 0.15) is 11.3 Å². The van der Waals surface area contributed by atoms with Crippen molar-refractivity contribution in [2.24, 2.45) is 0 Å². The molecule has 0 bridgehead atoms. The van der Waals surface area contributed by atoms with Crippen molar-refractivity contribution < 1.29 is 24.0 Å². The number of benzene rings is 1. The molecule has 3 rings (SSSR count). The van der Waals surface area contributed by atoms with Crippen LogP contribution in [0.2, 0.25) is 0 Å². The van der Waals surface area contributed by atoms with E-state index in [1.165, 1.54) is 36.8 Å². The second-order valence-electron chi connectivity index (χ2n) is 5.06. The van der Waals surface area contributed by atoms with Crippen LogP contribution in [0.4, 0.5) is 5.69 Å². The average Bonchev–Trinajstić information content (AvgIpc) is 2.66. The molecule has 2 aromatic heterocycles. The molecule has 0 aliphatic heterocycles. The van der Waals surface area contributed by atoms with Crippen molar-refractivity contribution in [3.8, 4) is 5.75 Å². The van der Waals surface area contributed by atoms with Crippen LogP contribution in [0.5, 0.6) is 5.75 Å². The van der Waals surface area contributed by atoms with Crippen LogP contribution >= 0.6 is 0 Å². The maximum absolute atomic E-state index is 12.1. The van der Waals surface area contributed by atoms with Gasteiger partial charge in [0.05, 0.1) is 10.3 Å². The number of esters is 1. The highest BCUT2D eigenvalue weighted by Gasteiger charge is 2.27. The van der Waals surface area contributed by atoms with Crippen LogP contribution in [0.1, 0.15) is 11.7 Å². The highest BCUT2D eigenvalue weighted by Crippen LogP contribution is 2.34. The summed E-state index contributed by atoms with van der Waals surface area (Å²) < 4.78 is 10.1. The Kier molecular flexibility index (Phi) is 4.79. The highest BCUT2D eigenvalue weighted by molar-refractivity contribution is 5.92. The smallest absolute Gasteiger partial charge is 0.359 e. The molecule has 26 heavy (non-hydrogen) atoms. The number of fused-ring (bicyclic) bond motifs is 1. The van der Waals surface area contributed by atoms with E-state index in [0.717, 1.165) is 0 Å². The summed E-state index contributed by atoms with van der Waals surface area (Å²) >= 11 is 0. The number of nitrogens with zero attached hydrogens (tertiary/aromatic N) is 3. The van der Waals surface area contributed by atoms with Crippen molar-refractivity contribution in [2.45, 2.75) is 6.10 Å². The molecule has 130 valence electrons. The molecule has 1 aromatic carbocycles. The number of non-ortho nitro benzene ring substituents is 1. The number of nitro groups is 1. The molecule has 0 saturated carbocycles. The molecular weight excluding hydrogens is 342 g/mol. The quantitative estimate of drug-likeness (QED) is 0.218. The van der Waals surface area contributed by atoms with E-state index in [2.05, 4.69) is 14.7 Å². The number of pyridine rings is 2. The zero-order valence-electron chi connectivity index (χ0n) is 13.1. The summed E-state index contributed by atoms with van der Waals surface area (Å²) in [5, 5.41) is 11.4. The van der Waals surface area contributed by atoms with E-state index in [9.17, 15) is 19.7 Å². The Bertz CT molecular complexity index is 977. The molecule has 0 aliphatic rings. The molecule has 0 saturated heterocycles. The summed E-state index contributed by atoms with van der Waals surface area (Å²) in [4.78, 5) is 41.3. The van der Waals surface area contributed by atoms with Gasteiger partial charge < -0.3 is 9.47 Å². The SMILES string of the molecule is O=COC(=O)C(Oc1ccc([N+](=O)[O-])c2cccnc12)c1cccnc1. The van der Waals surface area contributed by atoms with Crippen LogP contribution in [0.15, 0.2) is 55.0 Å². The van der Waals surface area contributed by atoms with E-state index < -0.39 is 17.0 Å². The van der Waals surface area contributed by atoms with Gasteiger partial charge in [-0.25, -0.2) is 4.79 Å². The van der Waals surface area contributed by atoms with Crippen molar-refractivity contribution in [1.29, 1.82) is 0 Å². The molecule has 0 fully saturated rings. The fourth-order valence-electron chi connectivity index (χ4n) is 2.41. The lowest BCUT2D eigenvalue weighted by Crippen LogP contribution is -2.21. The Morgan fingerprint density at radius 2 is 2.00 bits per heavy atom. The van der Waals surface area contributed by atoms with Gasteiger partial charge in [0.25, 0.3) is 5.69 Å². The van der Waals surface area contributed by atoms with Crippen LogP contribution in [0.25, 0.3) is 10.9 Å². The van der Waals surface area contributed by atoms with E-state index in [4.69, 9.17) is 4.74 Å². The highest BCUT2D eigenvalue weighted by atomic mass is 16.6. The van der Waals surface area contributed by atoms with Crippen molar-refractivity contribution in [3.05, 3.63) is 70.7 Å². The minimum absolute atomic E-state index is 0.00124. The van der Waals surface area contributed by atoms with Crippen LogP contribution in [0, 0.1) is 10.1 Å². The fraction of sp³-hybridized carbons (Fsp3) is 0.0588. The molecule has 0 radical (unpaired) electrons. The molecule has 9 heteroatoms. The first-order valence-electron chi connectivity index (χ1n) is 7.34. The molecule has 3 aromatic rings. The van der Waals surface area contributed by atoms with Crippen LogP contribution in [-0.4, -0.2) is 27.3 Å². The lowest BCUT2D eigenvalue weighted by Gasteiger charge is -2.17. The van der Waals surface area contributed by atoms with Gasteiger partial charge in [-0.2, -0.15) is 0 Å². The maximum atomic E-state index is 12.1. The van der Waals surface area contributed by atoms with Gasteiger partial charge in [-0.3, -0.25) is 24.9 Å². The van der Waals surface area contributed by atoms with Gasteiger partial charge in [-0.05, 0) is 24.3 Å². The lowest BCUT2D eigenvalue weighted by molar-refractivity contribution is -0.383. The van der Waals surface area contributed by atoms with Crippen LogP contribution in [-0.2, 0) is 14.3 Å². The van der Waals surface area contributed by atoms with Gasteiger partial charge >= 0.3 is 12.4 Å². The first-order chi connectivity index (χ1) is 12.6. The Labute approximate surface area is 146 Å². The second-order valence-corrected chi connectivity index (χ2v) is 5.06. The van der Waals surface area contributed by atoms with Crippen molar-refractivity contribution >= 4 is 29.0 Å². The first-order valence-corrected chi connectivity index (χ1v) is 7.34. The summed E-state index contributed by atoms with van der Waals surface area (Å²) in [5.74, 6) is -0.821. The minimum Gasteiger partial charge on any atom is -0.472 e. The lowest BCUT2D eigenvalue weighted by atomic mass is 10.1. The van der Waals surface area contributed by atoms with Gasteiger partial charge in [-0.1, -0.05) is 6.07 Å². The number of carbonyl (C=O) groups excluding carboxylic acids is 2. The Balaban J connectivity index is 2.07. The number of hydrogen-bond acceptors (Lipinski definition) is 8. The Hall–Kier alpha value is -3.88. The first kappa shape index (κ1) is 17.0. The van der Waals surface area contributed by atoms with Crippen molar-refractivity contribution in [3.63, 3.8) is 0 Å². The number of nitro benzene ring substituents is 1. The topological polar surface area (TPSA) is 122 Å². The summed E-state index contributed by atoms with van der Waals surface area (Å²) in [6.45, 7) is 0.00124. The molecule has 2 heterocycles. The number of rotatable bonds is 6. The van der Waals surface area contributed by atoms with Gasteiger partial charge in [-0.15, -0.1) is 0 Å². The van der Waals surface area contributed by atoms with Crippen LogP contribution in [0.3, 0.4) is 0 Å². The van der Waals surface area contributed by atoms with E-state index >= 15 is 0 Å². The molecule has 9 nitrogen and oxygen atoms in total.